The standard InChI is InChI=1S/C17H17N3O3/c1-12-4-2-3-5-15(12)18-11-16(21)20-19-10-13-6-8-14(9-7-13)17(22)23/h2-10,18H,11H2,1H3,(H,20,21)(H,22,23)/p-1/b19-10+. The van der Waals surface area contributed by atoms with Crippen molar-refractivity contribution in [1.82, 2.24) is 5.43 Å². The maximum Gasteiger partial charge on any atom is 0.259 e. The van der Waals surface area contributed by atoms with E-state index in [1.54, 1.807) is 12.1 Å². The van der Waals surface area contributed by atoms with Gasteiger partial charge in [-0.15, -0.1) is 0 Å². The molecule has 6 nitrogen and oxygen atoms in total. The van der Waals surface area contributed by atoms with Crippen LogP contribution < -0.4 is 15.8 Å². The van der Waals surface area contributed by atoms with Gasteiger partial charge in [0.2, 0.25) is 0 Å². The van der Waals surface area contributed by atoms with E-state index in [0.29, 0.717) is 5.56 Å². The van der Waals surface area contributed by atoms with Gasteiger partial charge in [-0.25, -0.2) is 5.43 Å². The number of aromatic carboxylic acids is 1. The van der Waals surface area contributed by atoms with E-state index in [1.807, 2.05) is 31.2 Å². The Kier molecular flexibility index (Phi) is 5.46. The van der Waals surface area contributed by atoms with Crippen molar-refractivity contribution in [2.45, 2.75) is 6.92 Å². The number of amides is 1. The Labute approximate surface area is 133 Å². The predicted molar refractivity (Wildman–Crippen MR) is 86.2 cm³/mol. The largest absolute Gasteiger partial charge is 0.545 e. The van der Waals surface area contributed by atoms with Crippen LogP contribution in [-0.2, 0) is 4.79 Å². The molecule has 23 heavy (non-hydrogen) atoms. The number of para-hydroxylation sites is 1. The fourth-order valence-corrected chi connectivity index (χ4v) is 1.87. The smallest absolute Gasteiger partial charge is 0.259 e. The number of hydrogen-bond donors (Lipinski definition) is 2. The molecule has 0 spiro atoms. The lowest BCUT2D eigenvalue weighted by Crippen LogP contribution is -2.26. The molecule has 0 heterocycles. The van der Waals surface area contributed by atoms with E-state index in [1.165, 1.54) is 18.3 Å². The number of carboxylic acid groups (broad SMARTS) is 1. The number of nitrogens with zero attached hydrogens (tertiary/aromatic N) is 1. The van der Waals surface area contributed by atoms with Crippen LogP contribution in [-0.4, -0.2) is 24.6 Å². The molecule has 0 radical (unpaired) electrons. The second-order valence-electron chi connectivity index (χ2n) is 4.87. The van der Waals surface area contributed by atoms with Crippen LogP contribution in [0.1, 0.15) is 21.5 Å². The van der Waals surface area contributed by atoms with Crippen molar-refractivity contribution in [3.05, 3.63) is 65.2 Å². The first kappa shape index (κ1) is 16.2. The van der Waals surface area contributed by atoms with Crippen molar-refractivity contribution in [2.24, 2.45) is 5.10 Å². The number of hydrogen-bond acceptors (Lipinski definition) is 5. The summed E-state index contributed by atoms with van der Waals surface area (Å²) in [6.45, 7) is 2.06. The van der Waals surface area contributed by atoms with Gasteiger partial charge in [-0.2, -0.15) is 5.10 Å². The average molecular weight is 310 g/mol. The zero-order valence-corrected chi connectivity index (χ0v) is 12.6. The molecule has 0 saturated heterocycles. The number of benzene rings is 2. The molecule has 0 aliphatic rings. The van der Waals surface area contributed by atoms with E-state index in [-0.39, 0.29) is 18.0 Å². The third-order valence-electron chi connectivity index (χ3n) is 3.13. The summed E-state index contributed by atoms with van der Waals surface area (Å²) in [4.78, 5) is 22.3. The summed E-state index contributed by atoms with van der Waals surface area (Å²) in [5.41, 5.74) is 5.10. The summed E-state index contributed by atoms with van der Waals surface area (Å²) in [5.74, 6) is -1.51. The minimum absolute atomic E-state index is 0.0913. The Balaban J connectivity index is 1.82. The molecule has 6 heteroatoms. The molecule has 2 aromatic carbocycles. The van der Waals surface area contributed by atoms with Crippen molar-refractivity contribution >= 4 is 23.8 Å². The maximum absolute atomic E-state index is 11.7. The molecule has 2 N–H and O–H groups in total. The Bertz CT molecular complexity index is 724. The third kappa shape index (κ3) is 4.96. The van der Waals surface area contributed by atoms with Crippen molar-refractivity contribution in [2.75, 3.05) is 11.9 Å². The Morgan fingerprint density at radius 3 is 2.48 bits per heavy atom. The quantitative estimate of drug-likeness (QED) is 0.613. The third-order valence-corrected chi connectivity index (χ3v) is 3.13. The second kappa shape index (κ2) is 7.74. The maximum atomic E-state index is 11.7. The average Bonchev–Trinajstić information content (AvgIpc) is 2.54. The molecule has 0 bridgehead atoms. The van der Waals surface area contributed by atoms with Crippen molar-refractivity contribution in [3.8, 4) is 0 Å². The summed E-state index contributed by atoms with van der Waals surface area (Å²) in [7, 11) is 0. The number of rotatable bonds is 6. The number of carbonyl (C=O) groups excluding carboxylic acids is 2. The van der Waals surface area contributed by atoms with Gasteiger partial charge < -0.3 is 15.2 Å². The van der Waals surface area contributed by atoms with Crippen molar-refractivity contribution < 1.29 is 14.7 Å². The molecule has 2 aromatic rings. The zero-order chi connectivity index (χ0) is 16.7. The van der Waals surface area contributed by atoms with E-state index in [9.17, 15) is 14.7 Å². The summed E-state index contributed by atoms with van der Waals surface area (Å²) in [6.07, 6.45) is 1.44. The molecule has 0 saturated carbocycles. The number of hydrazone groups is 1. The first-order valence-electron chi connectivity index (χ1n) is 6.99. The lowest BCUT2D eigenvalue weighted by molar-refractivity contribution is -0.255. The van der Waals surface area contributed by atoms with E-state index in [2.05, 4.69) is 15.8 Å². The van der Waals surface area contributed by atoms with Crippen LogP contribution in [0.5, 0.6) is 0 Å². The van der Waals surface area contributed by atoms with Gasteiger partial charge in [-0.1, -0.05) is 42.5 Å². The number of anilines is 1. The zero-order valence-electron chi connectivity index (χ0n) is 12.6. The number of carbonyl (C=O) groups is 2. The molecule has 0 aromatic heterocycles. The predicted octanol–water partition coefficient (Wildman–Crippen LogP) is 0.921. The Morgan fingerprint density at radius 1 is 1.13 bits per heavy atom. The van der Waals surface area contributed by atoms with Crippen LogP contribution in [0.25, 0.3) is 0 Å². The SMILES string of the molecule is Cc1ccccc1NCC(=O)N/N=C/c1ccc(C(=O)[O-])cc1. The van der Waals surface area contributed by atoms with Crippen LogP contribution in [0.4, 0.5) is 5.69 Å². The normalized spacial score (nSPS) is 10.5. The lowest BCUT2D eigenvalue weighted by Gasteiger charge is -2.07. The fraction of sp³-hybridized carbons (Fsp3) is 0.118. The first-order chi connectivity index (χ1) is 11.1. The number of aryl methyl sites for hydroxylation is 1. The summed E-state index contributed by atoms with van der Waals surface area (Å²) >= 11 is 0. The monoisotopic (exact) mass is 310 g/mol. The number of carboxylic acids is 1. The minimum atomic E-state index is -1.23. The highest BCUT2D eigenvalue weighted by atomic mass is 16.4. The van der Waals surface area contributed by atoms with E-state index in [4.69, 9.17) is 0 Å². The van der Waals surface area contributed by atoms with Gasteiger partial charge >= 0.3 is 0 Å². The Hall–Kier alpha value is -3.15. The van der Waals surface area contributed by atoms with E-state index >= 15 is 0 Å². The lowest BCUT2D eigenvalue weighted by atomic mass is 10.1. The van der Waals surface area contributed by atoms with Gasteiger partial charge in [0, 0.05) is 5.69 Å². The molecule has 1 amide bonds. The van der Waals surface area contributed by atoms with Gasteiger partial charge in [-0.3, -0.25) is 4.79 Å². The summed E-state index contributed by atoms with van der Waals surface area (Å²) in [5, 5.41) is 17.5. The minimum Gasteiger partial charge on any atom is -0.545 e. The van der Waals surface area contributed by atoms with E-state index < -0.39 is 5.97 Å². The van der Waals surface area contributed by atoms with Crippen LogP contribution in [0.15, 0.2) is 53.6 Å². The molecular formula is C17H16N3O3-. The topological polar surface area (TPSA) is 93.6 Å². The molecule has 0 atom stereocenters. The molecule has 0 aliphatic carbocycles. The van der Waals surface area contributed by atoms with Crippen LogP contribution in [0.3, 0.4) is 0 Å². The van der Waals surface area contributed by atoms with E-state index in [0.717, 1.165) is 11.3 Å². The van der Waals surface area contributed by atoms with Gasteiger partial charge in [-0.05, 0) is 29.7 Å². The fourth-order valence-electron chi connectivity index (χ4n) is 1.87. The molecular weight excluding hydrogens is 294 g/mol. The molecule has 118 valence electrons. The van der Waals surface area contributed by atoms with Crippen LogP contribution >= 0.6 is 0 Å². The van der Waals surface area contributed by atoms with Crippen LogP contribution in [0, 0.1) is 6.92 Å². The highest BCUT2D eigenvalue weighted by Gasteiger charge is 2.01. The molecule has 0 aliphatic heterocycles. The second-order valence-corrected chi connectivity index (χ2v) is 4.87. The molecule has 0 unspecified atom stereocenters. The van der Waals surface area contributed by atoms with Crippen LogP contribution in [0.2, 0.25) is 0 Å². The Morgan fingerprint density at radius 2 is 1.83 bits per heavy atom. The molecule has 0 fully saturated rings. The molecule has 2 rings (SSSR count). The van der Waals surface area contributed by atoms with Gasteiger partial charge in [0.05, 0.1) is 18.7 Å². The van der Waals surface area contributed by atoms with Gasteiger partial charge in [0.25, 0.3) is 5.91 Å². The van der Waals surface area contributed by atoms with Gasteiger partial charge in [0.1, 0.15) is 0 Å². The van der Waals surface area contributed by atoms with Gasteiger partial charge in [0.15, 0.2) is 0 Å². The number of nitrogens with one attached hydrogen (secondary N) is 2. The summed E-state index contributed by atoms with van der Waals surface area (Å²) in [6, 6.07) is 13.6. The highest BCUT2D eigenvalue weighted by Crippen LogP contribution is 2.12. The summed E-state index contributed by atoms with van der Waals surface area (Å²) < 4.78 is 0. The van der Waals surface area contributed by atoms with Crippen molar-refractivity contribution in [3.63, 3.8) is 0 Å². The first-order valence-corrected chi connectivity index (χ1v) is 6.99. The van der Waals surface area contributed by atoms with Crippen molar-refractivity contribution in [1.29, 1.82) is 0 Å². The highest BCUT2D eigenvalue weighted by molar-refractivity contribution is 5.88.